The summed E-state index contributed by atoms with van der Waals surface area (Å²) in [5.41, 5.74) is 2.12. The zero-order valence-corrected chi connectivity index (χ0v) is 18.7. The van der Waals surface area contributed by atoms with Gasteiger partial charge in [-0.15, -0.1) is 24.8 Å². The third kappa shape index (κ3) is 5.17. The van der Waals surface area contributed by atoms with Crippen molar-refractivity contribution in [2.24, 2.45) is 11.8 Å². The summed E-state index contributed by atoms with van der Waals surface area (Å²) >= 11 is 0. The smallest absolute Gasteiger partial charge is 0.387 e. The molecule has 2 aromatic carbocycles. The molecule has 4 rings (SSSR count). The Bertz CT molecular complexity index is 810. The number of likely N-dealkylation sites (tertiary alicyclic amines) is 2. The lowest BCUT2D eigenvalue weighted by Gasteiger charge is -2.27. The lowest BCUT2D eigenvalue weighted by Crippen LogP contribution is -2.29. The molecule has 0 unspecified atom stereocenters. The highest BCUT2D eigenvalue weighted by Crippen LogP contribution is 2.44. The average Bonchev–Trinajstić information content (AvgIpc) is 3.18. The quantitative estimate of drug-likeness (QED) is 0.613. The minimum atomic E-state index is -2.80. The molecule has 0 saturated carbocycles. The summed E-state index contributed by atoms with van der Waals surface area (Å²) < 4.78 is 35.4. The molecule has 2 saturated heterocycles. The predicted octanol–water partition coefficient (Wildman–Crippen LogP) is 4.87. The summed E-state index contributed by atoms with van der Waals surface area (Å²) in [5, 5.41) is 0. The van der Waals surface area contributed by atoms with E-state index in [1.54, 1.807) is 19.2 Å². The molecule has 0 amide bonds. The SMILES string of the molecule is COc1ccc([C@H]2[C@@H]3CN(Cc4ccccc4OC(F)F)C[C@@H]3CN2C)cc1.Cl.Cl. The van der Waals surface area contributed by atoms with Crippen LogP contribution in [0.15, 0.2) is 48.5 Å². The van der Waals surface area contributed by atoms with Gasteiger partial charge in [-0.3, -0.25) is 9.80 Å². The molecule has 0 aromatic heterocycles. The Balaban J connectivity index is 0.00000160. The summed E-state index contributed by atoms with van der Waals surface area (Å²) in [6.45, 7) is 0.814. The molecule has 0 aliphatic carbocycles. The highest BCUT2D eigenvalue weighted by atomic mass is 35.5. The van der Waals surface area contributed by atoms with Gasteiger partial charge in [-0.2, -0.15) is 8.78 Å². The average molecular weight is 461 g/mol. The van der Waals surface area contributed by atoms with E-state index < -0.39 is 6.61 Å². The number of alkyl halides is 2. The Hall–Kier alpha value is -1.60. The summed E-state index contributed by atoms with van der Waals surface area (Å²) in [6, 6.07) is 15.8. The summed E-state index contributed by atoms with van der Waals surface area (Å²) in [6.07, 6.45) is 0. The zero-order valence-electron chi connectivity index (χ0n) is 17.0. The molecule has 2 fully saturated rings. The molecular weight excluding hydrogens is 433 g/mol. The van der Waals surface area contributed by atoms with Crippen LogP contribution in [0.5, 0.6) is 11.5 Å². The molecule has 3 atom stereocenters. The third-order valence-corrected chi connectivity index (χ3v) is 6.01. The lowest BCUT2D eigenvalue weighted by atomic mass is 9.89. The molecule has 0 bridgehead atoms. The van der Waals surface area contributed by atoms with Crippen molar-refractivity contribution in [2.75, 3.05) is 33.8 Å². The Labute approximate surface area is 189 Å². The maximum absolute atomic E-state index is 12.7. The van der Waals surface area contributed by atoms with Gasteiger partial charge < -0.3 is 9.47 Å². The van der Waals surface area contributed by atoms with Gasteiger partial charge in [0.25, 0.3) is 0 Å². The lowest BCUT2D eigenvalue weighted by molar-refractivity contribution is -0.0507. The van der Waals surface area contributed by atoms with E-state index in [1.165, 1.54) is 5.56 Å². The number of fused-ring (bicyclic) bond motifs is 1. The van der Waals surface area contributed by atoms with E-state index in [0.29, 0.717) is 24.4 Å². The number of ether oxygens (including phenoxy) is 2. The topological polar surface area (TPSA) is 24.9 Å². The van der Waals surface area contributed by atoms with E-state index in [0.717, 1.165) is 30.9 Å². The highest BCUT2D eigenvalue weighted by molar-refractivity contribution is 5.85. The summed E-state index contributed by atoms with van der Waals surface area (Å²) in [5.74, 6) is 2.25. The van der Waals surface area contributed by atoms with E-state index in [9.17, 15) is 8.78 Å². The van der Waals surface area contributed by atoms with Crippen LogP contribution in [0.1, 0.15) is 17.2 Å². The number of methoxy groups -OCH3 is 1. The predicted molar refractivity (Wildman–Crippen MR) is 118 cm³/mol. The molecule has 4 nitrogen and oxygen atoms in total. The minimum Gasteiger partial charge on any atom is -0.497 e. The second-order valence-electron chi connectivity index (χ2n) is 7.76. The van der Waals surface area contributed by atoms with Gasteiger partial charge in [0, 0.05) is 37.8 Å². The second-order valence-corrected chi connectivity index (χ2v) is 7.76. The summed E-state index contributed by atoms with van der Waals surface area (Å²) in [4.78, 5) is 4.80. The van der Waals surface area contributed by atoms with Gasteiger partial charge in [-0.25, -0.2) is 0 Å². The number of para-hydroxylation sites is 1. The molecular formula is C22H28Cl2F2N2O2. The Morgan fingerprint density at radius 1 is 1.00 bits per heavy atom. The first-order valence-corrected chi connectivity index (χ1v) is 9.64. The fourth-order valence-corrected chi connectivity index (χ4v) is 4.87. The van der Waals surface area contributed by atoms with E-state index in [2.05, 4.69) is 29.0 Å². The van der Waals surface area contributed by atoms with E-state index in [4.69, 9.17) is 9.47 Å². The first-order chi connectivity index (χ1) is 13.5. The van der Waals surface area contributed by atoms with Crippen molar-refractivity contribution < 1.29 is 18.3 Å². The molecule has 30 heavy (non-hydrogen) atoms. The van der Waals surface area contributed by atoms with Crippen LogP contribution in [0.25, 0.3) is 0 Å². The van der Waals surface area contributed by atoms with Gasteiger partial charge >= 0.3 is 6.61 Å². The molecule has 8 heteroatoms. The fourth-order valence-electron chi connectivity index (χ4n) is 4.87. The van der Waals surface area contributed by atoms with Gasteiger partial charge in [-0.1, -0.05) is 30.3 Å². The fraction of sp³-hybridized carbons (Fsp3) is 0.455. The first-order valence-electron chi connectivity index (χ1n) is 9.64. The number of nitrogens with zero attached hydrogens (tertiary/aromatic N) is 2. The largest absolute Gasteiger partial charge is 0.497 e. The molecule has 2 heterocycles. The third-order valence-electron chi connectivity index (χ3n) is 6.01. The van der Waals surface area contributed by atoms with Crippen LogP contribution < -0.4 is 9.47 Å². The standard InChI is InChI=1S/C22H26F2N2O2.2ClH/c1-25-11-17-13-26(12-16-5-3-4-6-20(16)28-22(23)24)14-19(17)21(25)15-7-9-18(27-2)10-8-15;;/h3-10,17,19,21-22H,11-14H2,1-2H3;2*1H/t17-,19+,21-;;/m0../s1. The van der Waals surface area contributed by atoms with Gasteiger partial charge in [-0.05, 0) is 42.6 Å². The van der Waals surface area contributed by atoms with Gasteiger partial charge in [0.2, 0.25) is 0 Å². The van der Waals surface area contributed by atoms with Crippen LogP contribution >= 0.6 is 24.8 Å². The molecule has 0 spiro atoms. The van der Waals surface area contributed by atoms with E-state index in [-0.39, 0.29) is 30.6 Å². The molecule has 166 valence electrons. The van der Waals surface area contributed by atoms with Crippen molar-refractivity contribution in [3.8, 4) is 11.5 Å². The normalized spacial score (nSPS) is 23.6. The molecule has 2 aromatic rings. The minimum absolute atomic E-state index is 0. The number of halogens is 4. The number of benzene rings is 2. The summed E-state index contributed by atoms with van der Waals surface area (Å²) in [7, 11) is 3.86. The highest BCUT2D eigenvalue weighted by Gasteiger charge is 2.46. The van der Waals surface area contributed by atoms with Crippen molar-refractivity contribution in [2.45, 2.75) is 19.2 Å². The monoisotopic (exact) mass is 460 g/mol. The van der Waals surface area contributed by atoms with Gasteiger partial charge in [0.1, 0.15) is 11.5 Å². The van der Waals surface area contributed by atoms with Crippen LogP contribution in [-0.2, 0) is 6.54 Å². The Morgan fingerprint density at radius 3 is 2.37 bits per heavy atom. The van der Waals surface area contributed by atoms with Crippen molar-refractivity contribution in [1.82, 2.24) is 9.80 Å². The van der Waals surface area contributed by atoms with Crippen LogP contribution in [0, 0.1) is 11.8 Å². The van der Waals surface area contributed by atoms with Crippen molar-refractivity contribution >= 4 is 24.8 Å². The molecule has 0 N–H and O–H groups in total. The van der Waals surface area contributed by atoms with Crippen LogP contribution in [0.4, 0.5) is 8.78 Å². The second kappa shape index (κ2) is 10.6. The van der Waals surface area contributed by atoms with Crippen LogP contribution in [0.2, 0.25) is 0 Å². The molecule has 2 aliphatic heterocycles. The van der Waals surface area contributed by atoms with Crippen LogP contribution in [-0.4, -0.2) is 50.2 Å². The molecule has 2 aliphatic rings. The van der Waals surface area contributed by atoms with Crippen LogP contribution in [0.3, 0.4) is 0 Å². The Morgan fingerprint density at radius 2 is 1.70 bits per heavy atom. The zero-order chi connectivity index (χ0) is 19.7. The maximum atomic E-state index is 12.7. The number of hydrogen-bond acceptors (Lipinski definition) is 4. The number of hydrogen-bond donors (Lipinski definition) is 0. The van der Waals surface area contributed by atoms with Crippen molar-refractivity contribution in [3.05, 3.63) is 59.7 Å². The first kappa shape index (κ1) is 24.7. The van der Waals surface area contributed by atoms with Gasteiger partial charge in [0.15, 0.2) is 0 Å². The molecule has 0 radical (unpaired) electrons. The van der Waals surface area contributed by atoms with E-state index in [1.807, 2.05) is 24.3 Å². The van der Waals surface area contributed by atoms with Gasteiger partial charge in [0.05, 0.1) is 7.11 Å². The Kier molecular flexibility index (Phi) is 8.73. The number of rotatable bonds is 6. The van der Waals surface area contributed by atoms with E-state index >= 15 is 0 Å². The maximum Gasteiger partial charge on any atom is 0.387 e. The van der Waals surface area contributed by atoms with Crippen molar-refractivity contribution in [3.63, 3.8) is 0 Å². The van der Waals surface area contributed by atoms with Crippen molar-refractivity contribution in [1.29, 1.82) is 0 Å².